The zero-order valence-corrected chi connectivity index (χ0v) is 16.0. The summed E-state index contributed by atoms with van der Waals surface area (Å²) >= 11 is 0. The summed E-state index contributed by atoms with van der Waals surface area (Å²) in [5.41, 5.74) is 0.595. The molecule has 150 valence electrons. The number of hydrogen-bond donors (Lipinski definition) is 2. The molecule has 2 N–H and O–H groups in total. The van der Waals surface area contributed by atoms with E-state index in [1.54, 1.807) is 30.3 Å². The zero-order chi connectivity index (χ0) is 20.9. The van der Waals surface area contributed by atoms with Gasteiger partial charge in [0.25, 0.3) is 0 Å². The molecule has 3 aromatic carbocycles. The summed E-state index contributed by atoms with van der Waals surface area (Å²) in [4.78, 5) is 12.2. The largest absolute Gasteiger partial charge is 0.322 e. The third-order valence-electron chi connectivity index (χ3n) is 4.15. The van der Waals surface area contributed by atoms with Crippen molar-refractivity contribution in [1.82, 2.24) is 4.72 Å². The van der Waals surface area contributed by atoms with Crippen LogP contribution in [0.3, 0.4) is 0 Å². The molecule has 3 rings (SSSR count). The highest BCUT2D eigenvalue weighted by molar-refractivity contribution is 7.89. The molecule has 1 atom stereocenters. The molecule has 29 heavy (non-hydrogen) atoms. The number of hydrogen-bond acceptors (Lipinski definition) is 3. The summed E-state index contributed by atoms with van der Waals surface area (Å²) in [5.74, 6) is -2.36. The SMILES string of the molecule is O=C(Nc1ccccc1F)C(Cc1ccccc1)NS(=O)(=O)c1ccccc1F. The van der Waals surface area contributed by atoms with Gasteiger partial charge in [-0.3, -0.25) is 4.79 Å². The Hall–Kier alpha value is -3.10. The minimum Gasteiger partial charge on any atom is -0.322 e. The molecular weight excluding hydrogens is 398 g/mol. The van der Waals surface area contributed by atoms with E-state index in [4.69, 9.17) is 0 Å². The molecular formula is C21H18F2N2O3S. The maximum atomic E-state index is 14.0. The molecule has 0 saturated carbocycles. The highest BCUT2D eigenvalue weighted by Crippen LogP contribution is 2.17. The molecule has 0 aliphatic heterocycles. The molecule has 1 unspecified atom stereocenters. The van der Waals surface area contributed by atoms with Gasteiger partial charge in [-0.15, -0.1) is 0 Å². The van der Waals surface area contributed by atoms with Crippen LogP contribution in [0.2, 0.25) is 0 Å². The van der Waals surface area contributed by atoms with Gasteiger partial charge in [-0.1, -0.05) is 54.6 Å². The maximum absolute atomic E-state index is 14.0. The van der Waals surface area contributed by atoms with Crippen molar-refractivity contribution in [2.24, 2.45) is 0 Å². The zero-order valence-electron chi connectivity index (χ0n) is 15.2. The molecule has 0 aromatic heterocycles. The number of para-hydroxylation sites is 1. The number of carbonyl (C=O) groups excluding carboxylic acids is 1. The lowest BCUT2D eigenvalue weighted by Gasteiger charge is -2.19. The molecule has 0 aliphatic rings. The highest BCUT2D eigenvalue weighted by Gasteiger charge is 2.28. The number of benzene rings is 3. The van der Waals surface area contributed by atoms with E-state index < -0.39 is 38.5 Å². The van der Waals surface area contributed by atoms with Gasteiger partial charge >= 0.3 is 0 Å². The summed E-state index contributed by atoms with van der Waals surface area (Å²) in [6.45, 7) is 0. The number of sulfonamides is 1. The Bertz CT molecular complexity index is 1110. The van der Waals surface area contributed by atoms with Gasteiger partial charge in [-0.25, -0.2) is 17.2 Å². The number of nitrogens with one attached hydrogen (secondary N) is 2. The van der Waals surface area contributed by atoms with Crippen LogP contribution in [0.15, 0.2) is 83.8 Å². The molecule has 8 heteroatoms. The van der Waals surface area contributed by atoms with Crippen LogP contribution < -0.4 is 10.0 Å². The molecule has 0 saturated heterocycles. The van der Waals surface area contributed by atoms with Crippen LogP contribution in [-0.4, -0.2) is 20.4 Å². The van der Waals surface area contributed by atoms with Crippen molar-refractivity contribution in [3.8, 4) is 0 Å². The van der Waals surface area contributed by atoms with Gasteiger partial charge in [0.15, 0.2) is 0 Å². The second kappa shape index (κ2) is 8.93. The fraction of sp³-hybridized carbons (Fsp3) is 0.0952. The van der Waals surface area contributed by atoms with E-state index in [0.29, 0.717) is 5.56 Å². The predicted molar refractivity (Wildman–Crippen MR) is 106 cm³/mol. The summed E-state index contributed by atoms with van der Waals surface area (Å²) < 4.78 is 55.5. The first kappa shape index (κ1) is 20.6. The average molecular weight is 416 g/mol. The van der Waals surface area contributed by atoms with E-state index >= 15 is 0 Å². The van der Waals surface area contributed by atoms with Gasteiger partial charge in [-0.05, 0) is 36.2 Å². The van der Waals surface area contributed by atoms with Crippen LogP contribution in [0.4, 0.5) is 14.5 Å². The lowest BCUT2D eigenvalue weighted by molar-refractivity contribution is -0.117. The van der Waals surface area contributed by atoms with Crippen LogP contribution >= 0.6 is 0 Å². The Balaban J connectivity index is 1.89. The van der Waals surface area contributed by atoms with Crippen LogP contribution in [0, 0.1) is 11.6 Å². The predicted octanol–water partition coefficient (Wildman–Crippen LogP) is 3.49. The van der Waals surface area contributed by atoms with Crippen molar-refractivity contribution in [2.45, 2.75) is 17.4 Å². The normalized spacial score (nSPS) is 12.3. The fourth-order valence-corrected chi connectivity index (χ4v) is 4.01. The molecule has 0 fully saturated rings. The fourth-order valence-electron chi connectivity index (χ4n) is 2.73. The van der Waals surface area contributed by atoms with Gasteiger partial charge in [0, 0.05) is 0 Å². The van der Waals surface area contributed by atoms with Crippen molar-refractivity contribution >= 4 is 21.6 Å². The number of halogens is 2. The van der Waals surface area contributed by atoms with Gasteiger partial charge in [0.2, 0.25) is 15.9 Å². The van der Waals surface area contributed by atoms with E-state index in [2.05, 4.69) is 10.0 Å². The van der Waals surface area contributed by atoms with Crippen molar-refractivity contribution < 1.29 is 22.0 Å². The topological polar surface area (TPSA) is 75.3 Å². The third kappa shape index (κ3) is 5.24. The summed E-state index contributed by atoms with van der Waals surface area (Å²) in [6.07, 6.45) is -0.00515. The standard InChI is InChI=1S/C21H18F2N2O3S/c22-16-10-4-6-12-18(16)24-21(26)19(14-15-8-2-1-3-9-15)25-29(27,28)20-13-7-5-11-17(20)23/h1-13,19,25H,14H2,(H,24,26). The summed E-state index contributed by atoms with van der Waals surface area (Å²) in [6, 6.07) is 17.8. The first-order chi connectivity index (χ1) is 13.9. The molecule has 1 amide bonds. The monoisotopic (exact) mass is 416 g/mol. The van der Waals surface area contributed by atoms with E-state index in [9.17, 15) is 22.0 Å². The molecule has 3 aromatic rings. The van der Waals surface area contributed by atoms with Crippen LogP contribution in [0.5, 0.6) is 0 Å². The molecule has 0 bridgehead atoms. The van der Waals surface area contributed by atoms with Gasteiger partial charge in [-0.2, -0.15) is 4.72 Å². The second-order valence-corrected chi connectivity index (χ2v) is 7.95. The van der Waals surface area contributed by atoms with Crippen LogP contribution in [-0.2, 0) is 21.2 Å². The lowest BCUT2D eigenvalue weighted by atomic mass is 10.1. The highest BCUT2D eigenvalue weighted by atomic mass is 32.2. The Morgan fingerprint density at radius 3 is 2.07 bits per heavy atom. The van der Waals surface area contributed by atoms with Crippen molar-refractivity contribution in [2.75, 3.05) is 5.32 Å². The Labute approximate surface area is 167 Å². The lowest BCUT2D eigenvalue weighted by Crippen LogP contribution is -2.45. The van der Waals surface area contributed by atoms with E-state index in [1.807, 2.05) is 0 Å². The molecule has 0 aliphatic carbocycles. The summed E-state index contributed by atoms with van der Waals surface area (Å²) in [5, 5.41) is 2.38. The van der Waals surface area contributed by atoms with Crippen molar-refractivity contribution in [1.29, 1.82) is 0 Å². The third-order valence-corrected chi connectivity index (χ3v) is 5.66. The first-order valence-corrected chi connectivity index (χ1v) is 10.2. The van der Waals surface area contributed by atoms with Gasteiger partial charge in [0.05, 0.1) is 5.69 Å². The second-order valence-electron chi connectivity index (χ2n) is 6.26. The molecule has 0 radical (unpaired) electrons. The minimum absolute atomic E-state index is 0.00515. The summed E-state index contributed by atoms with van der Waals surface area (Å²) in [7, 11) is -4.34. The quantitative estimate of drug-likeness (QED) is 0.619. The van der Waals surface area contributed by atoms with Gasteiger partial charge in [0.1, 0.15) is 22.6 Å². The average Bonchev–Trinajstić information content (AvgIpc) is 2.70. The Morgan fingerprint density at radius 1 is 0.828 bits per heavy atom. The molecule has 0 spiro atoms. The number of carbonyl (C=O) groups is 1. The van der Waals surface area contributed by atoms with E-state index in [1.165, 1.54) is 36.4 Å². The first-order valence-electron chi connectivity index (χ1n) is 8.73. The number of amides is 1. The Kier molecular flexibility index (Phi) is 6.36. The minimum atomic E-state index is -4.34. The van der Waals surface area contributed by atoms with Crippen molar-refractivity contribution in [3.05, 3.63) is 96.1 Å². The Morgan fingerprint density at radius 2 is 1.41 bits per heavy atom. The van der Waals surface area contributed by atoms with Crippen LogP contribution in [0.25, 0.3) is 0 Å². The maximum Gasteiger partial charge on any atom is 0.244 e. The van der Waals surface area contributed by atoms with Crippen LogP contribution in [0.1, 0.15) is 5.56 Å². The van der Waals surface area contributed by atoms with E-state index in [0.717, 1.165) is 12.1 Å². The molecule has 0 heterocycles. The van der Waals surface area contributed by atoms with Crippen molar-refractivity contribution in [3.63, 3.8) is 0 Å². The number of rotatable bonds is 7. The smallest absolute Gasteiger partial charge is 0.244 e. The van der Waals surface area contributed by atoms with Gasteiger partial charge < -0.3 is 5.32 Å². The number of anilines is 1. The van der Waals surface area contributed by atoms with E-state index in [-0.39, 0.29) is 12.1 Å². The molecule has 5 nitrogen and oxygen atoms in total.